The Morgan fingerprint density at radius 2 is 2.12 bits per heavy atom. The monoisotopic (exact) mass is 223 g/mol. The summed E-state index contributed by atoms with van der Waals surface area (Å²) in [5.41, 5.74) is -1.33. The highest BCUT2D eigenvalue weighted by molar-refractivity contribution is 5.98. The molecular formula is C11H13NO4. The fraction of sp³-hybridized carbons (Fsp3) is 0.273. The van der Waals surface area contributed by atoms with Crippen molar-refractivity contribution in [2.75, 3.05) is 6.61 Å². The predicted octanol–water partition coefficient (Wildman–Crippen LogP) is 1.46. The lowest BCUT2D eigenvalue weighted by molar-refractivity contribution is -0.157. The molecule has 0 aliphatic carbocycles. The molecule has 0 heterocycles. The standard InChI is InChI=1S/C11H13NO4/c1-2-16-11(8-12-15,10(13)14)9-6-4-3-5-7-9/h3-8,15H,2H2,1H3,(H,13,14). The van der Waals surface area contributed by atoms with Crippen LogP contribution in [0.3, 0.4) is 0 Å². The number of hydrogen-bond donors (Lipinski definition) is 2. The first-order chi connectivity index (χ1) is 7.67. The molecule has 0 radical (unpaired) electrons. The highest BCUT2D eigenvalue weighted by Gasteiger charge is 2.40. The van der Waals surface area contributed by atoms with E-state index < -0.39 is 11.6 Å². The summed E-state index contributed by atoms with van der Waals surface area (Å²) in [6.45, 7) is 1.86. The Balaban J connectivity index is 3.26. The minimum absolute atomic E-state index is 0.188. The number of carbonyl (C=O) groups is 1. The SMILES string of the molecule is CCOC(C=NO)(C(=O)O)c1ccccc1. The minimum atomic E-state index is -1.73. The Labute approximate surface area is 93.0 Å². The summed E-state index contributed by atoms with van der Waals surface area (Å²) in [5, 5.41) is 20.6. The fourth-order valence-electron chi connectivity index (χ4n) is 1.43. The molecule has 1 aromatic carbocycles. The van der Waals surface area contributed by atoms with Crippen LogP contribution in [0.4, 0.5) is 0 Å². The maximum Gasteiger partial charge on any atom is 0.346 e. The molecule has 86 valence electrons. The van der Waals surface area contributed by atoms with E-state index in [4.69, 9.17) is 9.94 Å². The van der Waals surface area contributed by atoms with E-state index >= 15 is 0 Å². The van der Waals surface area contributed by atoms with Gasteiger partial charge in [-0.05, 0) is 6.92 Å². The first kappa shape index (κ1) is 12.2. The number of ether oxygens (including phenoxy) is 1. The summed E-state index contributed by atoms with van der Waals surface area (Å²) in [6, 6.07) is 8.35. The molecule has 0 amide bonds. The Morgan fingerprint density at radius 1 is 1.50 bits per heavy atom. The van der Waals surface area contributed by atoms with Gasteiger partial charge in [0.15, 0.2) is 0 Å². The van der Waals surface area contributed by atoms with Crippen LogP contribution < -0.4 is 0 Å². The number of oxime groups is 1. The largest absolute Gasteiger partial charge is 0.479 e. The zero-order valence-corrected chi connectivity index (χ0v) is 8.83. The molecule has 1 rings (SSSR count). The van der Waals surface area contributed by atoms with E-state index in [0.717, 1.165) is 6.21 Å². The molecule has 5 heteroatoms. The molecule has 0 saturated heterocycles. The molecule has 0 saturated carbocycles. The van der Waals surface area contributed by atoms with Crippen molar-refractivity contribution in [3.8, 4) is 0 Å². The predicted molar refractivity (Wildman–Crippen MR) is 57.7 cm³/mol. The van der Waals surface area contributed by atoms with Gasteiger partial charge >= 0.3 is 5.97 Å². The second-order valence-electron chi connectivity index (χ2n) is 3.08. The smallest absolute Gasteiger partial charge is 0.346 e. The van der Waals surface area contributed by atoms with Crippen LogP contribution in [0, 0.1) is 0 Å². The number of rotatable bonds is 5. The van der Waals surface area contributed by atoms with Crippen LogP contribution in [0.1, 0.15) is 12.5 Å². The zero-order valence-electron chi connectivity index (χ0n) is 8.83. The van der Waals surface area contributed by atoms with Gasteiger partial charge in [-0.1, -0.05) is 35.5 Å². The van der Waals surface area contributed by atoms with Crippen LogP contribution in [-0.2, 0) is 15.1 Å². The van der Waals surface area contributed by atoms with Gasteiger partial charge in [0, 0.05) is 12.2 Å². The number of carboxylic acid groups (broad SMARTS) is 1. The molecule has 1 unspecified atom stereocenters. The average molecular weight is 223 g/mol. The Bertz CT molecular complexity index is 377. The van der Waals surface area contributed by atoms with Gasteiger partial charge in [-0.15, -0.1) is 0 Å². The molecular weight excluding hydrogens is 210 g/mol. The molecule has 2 N–H and O–H groups in total. The third-order valence-electron chi connectivity index (χ3n) is 2.13. The quantitative estimate of drug-likeness (QED) is 0.450. The molecule has 1 atom stereocenters. The number of aliphatic carboxylic acids is 1. The van der Waals surface area contributed by atoms with Gasteiger partial charge in [0.25, 0.3) is 0 Å². The van der Waals surface area contributed by atoms with Gasteiger partial charge in [0.05, 0.1) is 6.21 Å². The van der Waals surface area contributed by atoms with E-state index in [2.05, 4.69) is 5.16 Å². The van der Waals surface area contributed by atoms with Gasteiger partial charge in [-0.3, -0.25) is 0 Å². The maximum atomic E-state index is 11.3. The molecule has 16 heavy (non-hydrogen) atoms. The molecule has 0 aromatic heterocycles. The van der Waals surface area contributed by atoms with Crippen molar-refractivity contribution in [3.63, 3.8) is 0 Å². The lowest BCUT2D eigenvalue weighted by atomic mass is 9.95. The number of hydrogen-bond acceptors (Lipinski definition) is 4. The van der Waals surface area contributed by atoms with E-state index in [9.17, 15) is 9.90 Å². The van der Waals surface area contributed by atoms with Crippen molar-refractivity contribution in [1.29, 1.82) is 0 Å². The topological polar surface area (TPSA) is 79.1 Å². The molecule has 5 nitrogen and oxygen atoms in total. The lowest BCUT2D eigenvalue weighted by Crippen LogP contribution is -2.40. The van der Waals surface area contributed by atoms with Crippen molar-refractivity contribution in [2.45, 2.75) is 12.5 Å². The third kappa shape index (κ3) is 2.20. The second-order valence-corrected chi connectivity index (χ2v) is 3.08. The van der Waals surface area contributed by atoms with Gasteiger partial charge in [0.2, 0.25) is 5.60 Å². The van der Waals surface area contributed by atoms with Crippen LogP contribution in [0.2, 0.25) is 0 Å². The lowest BCUT2D eigenvalue weighted by Gasteiger charge is -2.24. The summed E-state index contributed by atoms with van der Waals surface area (Å²) in [5.74, 6) is -1.22. The number of benzene rings is 1. The Hall–Kier alpha value is -1.88. The first-order valence-corrected chi connectivity index (χ1v) is 4.79. The van der Waals surface area contributed by atoms with Gasteiger partial charge in [0.1, 0.15) is 0 Å². The number of carboxylic acids is 1. The van der Waals surface area contributed by atoms with E-state index in [1.54, 1.807) is 37.3 Å². The summed E-state index contributed by atoms with van der Waals surface area (Å²) in [7, 11) is 0. The molecule has 0 spiro atoms. The summed E-state index contributed by atoms with van der Waals surface area (Å²) >= 11 is 0. The summed E-state index contributed by atoms with van der Waals surface area (Å²) in [4.78, 5) is 11.3. The van der Waals surface area contributed by atoms with E-state index in [1.165, 1.54) is 0 Å². The first-order valence-electron chi connectivity index (χ1n) is 4.79. The summed E-state index contributed by atoms with van der Waals surface area (Å²) in [6.07, 6.45) is 0.869. The molecule has 0 aliphatic rings. The van der Waals surface area contributed by atoms with Crippen LogP contribution in [0.25, 0.3) is 0 Å². The highest BCUT2D eigenvalue weighted by Crippen LogP contribution is 2.24. The van der Waals surface area contributed by atoms with Crippen LogP contribution >= 0.6 is 0 Å². The second kappa shape index (κ2) is 5.27. The van der Waals surface area contributed by atoms with Crippen molar-refractivity contribution in [2.24, 2.45) is 5.16 Å². The van der Waals surface area contributed by atoms with Gasteiger partial charge in [-0.2, -0.15) is 0 Å². The van der Waals surface area contributed by atoms with Gasteiger partial charge in [-0.25, -0.2) is 4.79 Å². The van der Waals surface area contributed by atoms with Crippen LogP contribution in [-0.4, -0.2) is 29.1 Å². The van der Waals surface area contributed by atoms with Crippen molar-refractivity contribution < 1.29 is 19.8 Å². The van der Waals surface area contributed by atoms with Crippen LogP contribution in [0.5, 0.6) is 0 Å². The van der Waals surface area contributed by atoms with Crippen LogP contribution in [0.15, 0.2) is 35.5 Å². The molecule has 0 aliphatic heterocycles. The maximum absolute atomic E-state index is 11.3. The average Bonchev–Trinajstić information content (AvgIpc) is 2.29. The number of nitrogens with zero attached hydrogens (tertiary/aromatic N) is 1. The summed E-state index contributed by atoms with van der Waals surface area (Å²) < 4.78 is 5.21. The van der Waals surface area contributed by atoms with E-state index in [1.807, 2.05) is 0 Å². The zero-order chi connectivity index (χ0) is 12.0. The van der Waals surface area contributed by atoms with Crippen molar-refractivity contribution in [3.05, 3.63) is 35.9 Å². The molecule has 0 bridgehead atoms. The third-order valence-corrected chi connectivity index (χ3v) is 2.13. The Kier molecular flexibility index (Phi) is 4.02. The minimum Gasteiger partial charge on any atom is -0.479 e. The molecule has 0 fully saturated rings. The fourth-order valence-corrected chi connectivity index (χ4v) is 1.43. The highest BCUT2D eigenvalue weighted by atomic mass is 16.5. The van der Waals surface area contributed by atoms with E-state index in [0.29, 0.717) is 5.56 Å². The Morgan fingerprint density at radius 3 is 2.56 bits per heavy atom. The molecule has 1 aromatic rings. The van der Waals surface area contributed by atoms with E-state index in [-0.39, 0.29) is 6.61 Å². The van der Waals surface area contributed by atoms with Crippen molar-refractivity contribution in [1.82, 2.24) is 0 Å². The van der Waals surface area contributed by atoms with Crippen molar-refractivity contribution >= 4 is 12.2 Å². The van der Waals surface area contributed by atoms with Gasteiger partial charge < -0.3 is 15.1 Å². The normalized spacial score (nSPS) is 14.8.